The third kappa shape index (κ3) is 2.27. The smallest absolute Gasteiger partial charge is 0.427 e. The molecule has 0 aromatic rings. The van der Waals surface area contributed by atoms with E-state index >= 15 is 0 Å². The molecule has 0 fully saturated rings. The second-order valence-electron chi connectivity index (χ2n) is 2.74. The maximum atomic E-state index is 12.5. The van der Waals surface area contributed by atoms with Crippen LogP contribution < -0.4 is 0 Å². The van der Waals surface area contributed by atoms with Crippen molar-refractivity contribution in [3.05, 3.63) is 11.9 Å². The molecule has 0 bridgehead atoms. The molecule has 0 radical (unpaired) electrons. The van der Waals surface area contributed by atoms with E-state index in [0.29, 0.717) is 0 Å². The molecule has 0 saturated heterocycles. The Bertz CT molecular complexity index is 172. The van der Waals surface area contributed by atoms with Crippen LogP contribution in [0.4, 0.5) is 8.78 Å². The number of halogens is 2. The average molecular weight is 162 g/mol. The standard InChI is InChI=1S/C6H9BF2O2/c8-5-1-4(7(10)11)2-6(9)3-5/h3-5,10-11H,1-2H2/t4-,5?/m0/s1. The second kappa shape index (κ2) is 3.32. The number of rotatable bonds is 1. The van der Waals surface area contributed by atoms with Crippen molar-refractivity contribution in [2.24, 2.45) is 0 Å². The fraction of sp³-hybridized carbons (Fsp3) is 0.667. The molecule has 0 amide bonds. The summed E-state index contributed by atoms with van der Waals surface area (Å²) in [7, 11) is -1.62. The van der Waals surface area contributed by atoms with Gasteiger partial charge in [-0.25, -0.2) is 8.78 Å². The molecule has 0 saturated carbocycles. The van der Waals surface area contributed by atoms with Crippen molar-refractivity contribution in [2.75, 3.05) is 0 Å². The predicted molar refractivity (Wildman–Crippen MR) is 37.3 cm³/mol. The van der Waals surface area contributed by atoms with Gasteiger partial charge in [0.2, 0.25) is 0 Å². The zero-order valence-corrected chi connectivity index (χ0v) is 5.87. The van der Waals surface area contributed by atoms with Crippen LogP contribution in [0.1, 0.15) is 12.8 Å². The number of allylic oxidation sites excluding steroid dienone is 2. The summed E-state index contributed by atoms with van der Waals surface area (Å²) in [6.07, 6.45) is -0.585. The Morgan fingerprint density at radius 1 is 1.55 bits per heavy atom. The van der Waals surface area contributed by atoms with Gasteiger partial charge in [0.25, 0.3) is 0 Å². The van der Waals surface area contributed by atoms with E-state index < -0.39 is 24.9 Å². The molecule has 2 N–H and O–H groups in total. The van der Waals surface area contributed by atoms with Gasteiger partial charge in [-0.2, -0.15) is 0 Å². The summed E-state index contributed by atoms with van der Waals surface area (Å²) in [4.78, 5) is 0. The largest absolute Gasteiger partial charge is 0.455 e. The molecule has 1 aliphatic rings. The Balaban J connectivity index is 2.57. The van der Waals surface area contributed by atoms with Crippen LogP contribution in [-0.4, -0.2) is 23.3 Å². The quantitative estimate of drug-likeness (QED) is 0.560. The first-order valence-electron chi connectivity index (χ1n) is 3.46. The van der Waals surface area contributed by atoms with Crippen LogP contribution in [0.15, 0.2) is 11.9 Å². The van der Waals surface area contributed by atoms with E-state index in [4.69, 9.17) is 10.0 Å². The maximum Gasteiger partial charge on any atom is 0.455 e. The van der Waals surface area contributed by atoms with Gasteiger partial charge < -0.3 is 10.0 Å². The lowest BCUT2D eigenvalue weighted by atomic mass is 9.66. The SMILES string of the molecule is OB(O)[C@@H]1CC(F)=CC(F)C1. The summed E-state index contributed by atoms with van der Waals surface area (Å²) < 4.78 is 24.9. The molecular formula is C6H9BF2O2. The van der Waals surface area contributed by atoms with Crippen molar-refractivity contribution in [1.29, 1.82) is 0 Å². The molecule has 0 heterocycles. The summed E-state index contributed by atoms with van der Waals surface area (Å²) in [5.41, 5.74) is 0. The van der Waals surface area contributed by atoms with Crippen molar-refractivity contribution in [1.82, 2.24) is 0 Å². The normalized spacial score (nSPS) is 31.5. The lowest BCUT2D eigenvalue weighted by Gasteiger charge is -2.20. The molecule has 1 aliphatic carbocycles. The highest BCUT2D eigenvalue weighted by Crippen LogP contribution is 2.31. The van der Waals surface area contributed by atoms with Gasteiger partial charge in [-0.05, 0) is 12.5 Å². The summed E-state index contributed by atoms with van der Waals surface area (Å²) in [5, 5.41) is 17.2. The van der Waals surface area contributed by atoms with Gasteiger partial charge in [0.1, 0.15) is 6.17 Å². The molecule has 0 spiro atoms. The molecule has 2 nitrogen and oxygen atoms in total. The highest BCUT2D eigenvalue weighted by atomic mass is 19.1. The van der Waals surface area contributed by atoms with Crippen LogP contribution in [0.2, 0.25) is 5.82 Å². The predicted octanol–water partition coefficient (Wildman–Crippen LogP) is 0.815. The van der Waals surface area contributed by atoms with Gasteiger partial charge >= 0.3 is 7.12 Å². The van der Waals surface area contributed by atoms with Crippen LogP contribution >= 0.6 is 0 Å². The lowest BCUT2D eigenvalue weighted by Crippen LogP contribution is -2.25. The molecule has 5 heteroatoms. The fourth-order valence-corrected chi connectivity index (χ4v) is 1.18. The Kier molecular flexibility index (Phi) is 2.62. The highest BCUT2D eigenvalue weighted by Gasteiger charge is 2.30. The Labute approximate surface area is 63.7 Å². The highest BCUT2D eigenvalue weighted by molar-refractivity contribution is 6.43. The minimum Gasteiger partial charge on any atom is -0.427 e. The summed E-state index contributed by atoms with van der Waals surface area (Å²) >= 11 is 0. The molecule has 62 valence electrons. The summed E-state index contributed by atoms with van der Waals surface area (Å²) in [6, 6.07) is 0. The van der Waals surface area contributed by atoms with Gasteiger partial charge in [-0.3, -0.25) is 0 Å². The molecule has 2 atom stereocenters. The average Bonchev–Trinajstić information content (AvgIpc) is 1.85. The van der Waals surface area contributed by atoms with Gasteiger partial charge in [-0.1, -0.05) is 0 Å². The van der Waals surface area contributed by atoms with Crippen LogP contribution in [0, 0.1) is 0 Å². The molecule has 0 aliphatic heterocycles. The van der Waals surface area contributed by atoms with E-state index in [9.17, 15) is 8.78 Å². The number of hydrogen-bond donors (Lipinski definition) is 2. The van der Waals surface area contributed by atoms with Crippen LogP contribution in [0.25, 0.3) is 0 Å². The van der Waals surface area contributed by atoms with E-state index in [2.05, 4.69) is 0 Å². The van der Waals surface area contributed by atoms with Crippen molar-refractivity contribution in [2.45, 2.75) is 24.8 Å². The molecular weight excluding hydrogens is 153 g/mol. The van der Waals surface area contributed by atoms with Crippen LogP contribution in [0.5, 0.6) is 0 Å². The van der Waals surface area contributed by atoms with Crippen LogP contribution in [-0.2, 0) is 0 Å². The third-order valence-electron chi connectivity index (χ3n) is 1.77. The van der Waals surface area contributed by atoms with E-state index in [1.807, 2.05) is 0 Å². The number of alkyl halides is 1. The molecule has 1 rings (SSSR count). The monoisotopic (exact) mass is 162 g/mol. The molecule has 0 aromatic heterocycles. The Morgan fingerprint density at radius 2 is 2.18 bits per heavy atom. The van der Waals surface area contributed by atoms with Gasteiger partial charge in [0.05, 0.1) is 5.83 Å². The first kappa shape index (κ1) is 8.68. The summed E-state index contributed by atoms with van der Waals surface area (Å²) in [6.45, 7) is 0. The van der Waals surface area contributed by atoms with E-state index in [-0.39, 0.29) is 12.8 Å². The maximum absolute atomic E-state index is 12.5. The summed E-state index contributed by atoms with van der Waals surface area (Å²) in [5.74, 6) is -1.29. The molecule has 0 aromatic carbocycles. The second-order valence-corrected chi connectivity index (χ2v) is 2.74. The minimum atomic E-state index is -1.62. The van der Waals surface area contributed by atoms with Crippen molar-refractivity contribution in [3.8, 4) is 0 Å². The van der Waals surface area contributed by atoms with E-state index in [1.54, 1.807) is 0 Å². The van der Waals surface area contributed by atoms with Gasteiger partial charge in [-0.15, -0.1) is 0 Å². The molecule has 11 heavy (non-hydrogen) atoms. The molecule has 1 unspecified atom stereocenters. The van der Waals surface area contributed by atoms with E-state index in [0.717, 1.165) is 6.08 Å². The number of hydrogen-bond acceptors (Lipinski definition) is 2. The lowest BCUT2D eigenvalue weighted by molar-refractivity contribution is 0.302. The first-order valence-corrected chi connectivity index (χ1v) is 3.46. The van der Waals surface area contributed by atoms with Gasteiger partial charge in [0.15, 0.2) is 0 Å². The third-order valence-corrected chi connectivity index (χ3v) is 1.77. The zero-order valence-electron chi connectivity index (χ0n) is 5.87. The first-order chi connectivity index (χ1) is 5.09. The Hall–Kier alpha value is -0.415. The fourth-order valence-electron chi connectivity index (χ4n) is 1.18. The van der Waals surface area contributed by atoms with Gasteiger partial charge in [0, 0.05) is 12.2 Å². The van der Waals surface area contributed by atoms with Crippen molar-refractivity contribution in [3.63, 3.8) is 0 Å². The Morgan fingerprint density at radius 3 is 2.64 bits per heavy atom. The minimum absolute atomic E-state index is 0.00884. The topological polar surface area (TPSA) is 40.5 Å². The zero-order chi connectivity index (χ0) is 8.43. The van der Waals surface area contributed by atoms with E-state index in [1.165, 1.54) is 0 Å². The van der Waals surface area contributed by atoms with Crippen molar-refractivity contribution < 1.29 is 18.8 Å². The van der Waals surface area contributed by atoms with Crippen molar-refractivity contribution >= 4 is 7.12 Å². The van der Waals surface area contributed by atoms with Crippen LogP contribution in [0.3, 0.4) is 0 Å².